The fourth-order valence-corrected chi connectivity index (χ4v) is 1.46. The van der Waals surface area contributed by atoms with Crippen molar-refractivity contribution in [3.8, 4) is 0 Å². The second-order valence-electron chi connectivity index (χ2n) is 3.27. The van der Waals surface area contributed by atoms with Gasteiger partial charge >= 0.3 is 5.69 Å². The van der Waals surface area contributed by atoms with Gasteiger partial charge < -0.3 is 10.0 Å². The predicted octanol–water partition coefficient (Wildman–Crippen LogP) is 2.38. The Bertz CT molecular complexity index is 329. The minimum Gasteiger partial charge on any atom is -0.396 e. The van der Waals surface area contributed by atoms with E-state index in [0.29, 0.717) is 5.69 Å². The molecule has 1 rings (SSSR count). The largest absolute Gasteiger partial charge is 0.396 e. The fourth-order valence-electron chi connectivity index (χ4n) is 1.46. The van der Waals surface area contributed by atoms with E-state index < -0.39 is 0 Å². The van der Waals surface area contributed by atoms with Gasteiger partial charge in [0.15, 0.2) is 4.98 Å². The average molecular weight is 206 g/mol. The SMILES string of the molecule is CCN(CCCO)c1ccc([N+]#N)cc1. The molecule has 1 aromatic rings. The van der Waals surface area contributed by atoms with Gasteiger partial charge in [-0.2, -0.15) is 0 Å². The number of hydrogen-bond acceptors (Lipinski definition) is 3. The first-order valence-corrected chi connectivity index (χ1v) is 5.12. The van der Waals surface area contributed by atoms with Gasteiger partial charge in [0.05, 0.1) is 0 Å². The molecule has 0 aliphatic rings. The van der Waals surface area contributed by atoms with Crippen LogP contribution in [0, 0.1) is 5.39 Å². The van der Waals surface area contributed by atoms with Crippen LogP contribution in [0.2, 0.25) is 0 Å². The number of hydrogen-bond donors (Lipinski definition) is 1. The number of aliphatic hydroxyl groups is 1. The number of rotatable bonds is 5. The first-order chi connectivity index (χ1) is 7.31. The third-order valence-corrected chi connectivity index (χ3v) is 2.30. The highest BCUT2D eigenvalue weighted by Gasteiger charge is 2.07. The third kappa shape index (κ3) is 3.22. The molecular formula is C11H16N3O+. The molecule has 0 saturated heterocycles. The summed E-state index contributed by atoms with van der Waals surface area (Å²) in [5.74, 6) is 0. The van der Waals surface area contributed by atoms with Crippen LogP contribution in [-0.2, 0) is 0 Å². The molecule has 1 aromatic carbocycles. The molecule has 0 fully saturated rings. The van der Waals surface area contributed by atoms with Crippen LogP contribution in [0.4, 0.5) is 11.4 Å². The molecule has 80 valence electrons. The van der Waals surface area contributed by atoms with Crippen molar-refractivity contribution in [3.63, 3.8) is 0 Å². The van der Waals surface area contributed by atoms with Crippen molar-refractivity contribution in [2.75, 3.05) is 24.6 Å². The van der Waals surface area contributed by atoms with Gasteiger partial charge in [0.25, 0.3) is 0 Å². The molecule has 4 heteroatoms. The second-order valence-corrected chi connectivity index (χ2v) is 3.27. The molecule has 0 radical (unpaired) electrons. The highest BCUT2D eigenvalue weighted by molar-refractivity contribution is 5.55. The van der Waals surface area contributed by atoms with Gasteiger partial charge in [-0.3, -0.25) is 0 Å². The minimum absolute atomic E-state index is 0.209. The van der Waals surface area contributed by atoms with E-state index in [0.717, 1.165) is 25.2 Å². The molecule has 0 spiro atoms. The Labute approximate surface area is 89.8 Å². The molecule has 0 amide bonds. The summed E-state index contributed by atoms with van der Waals surface area (Å²) in [6, 6.07) is 7.35. The highest BCUT2D eigenvalue weighted by atomic mass is 16.3. The van der Waals surface area contributed by atoms with Gasteiger partial charge in [0.2, 0.25) is 5.39 Å². The maximum Gasteiger partial charge on any atom is 0.385 e. The molecule has 0 aliphatic carbocycles. The fraction of sp³-hybridized carbons (Fsp3) is 0.455. The standard InChI is InChI=1S/C11H16N3O/c1-2-14(8-3-9-15)11-6-4-10(13-12)5-7-11/h4-7,15H,2-3,8-9H2,1H3/q+1. The normalized spacial score (nSPS) is 9.67. The van der Waals surface area contributed by atoms with Crippen molar-refractivity contribution in [1.82, 2.24) is 0 Å². The van der Waals surface area contributed by atoms with Gasteiger partial charge in [-0.1, -0.05) is 0 Å². The van der Waals surface area contributed by atoms with Crippen molar-refractivity contribution in [1.29, 1.82) is 5.39 Å². The Morgan fingerprint density at radius 3 is 2.47 bits per heavy atom. The van der Waals surface area contributed by atoms with E-state index in [2.05, 4.69) is 16.8 Å². The number of diazo groups is 1. The lowest BCUT2D eigenvalue weighted by molar-refractivity contribution is 0.289. The first-order valence-electron chi connectivity index (χ1n) is 5.12. The summed E-state index contributed by atoms with van der Waals surface area (Å²) in [5.41, 5.74) is 1.63. The number of benzene rings is 1. The van der Waals surface area contributed by atoms with Crippen molar-refractivity contribution in [2.24, 2.45) is 0 Å². The minimum atomic E-state index is 0.209. The first kappa shape index (κ1) is 11.5. The summed E-state index contributed by atoms with van der Waals surface area (Å²) in [4.78, 5) is 5.26. The van der Waals surface area contributed by atoms with Gasteiger partial charge in [-0.25, -0.2) is 0 Å². The van der Waals surface area contributed by atoms with E-state index in [1.54, 1.807) is 12.1 Å². The lowest BCUT2D eigenvalue weighted by Gasteiger charge is -2.22. The maximum absolute atomic E-state index is 8.77. The van der Waals surface area contributed by atoms with Crippen LogP contribution in [0.5, 0.6) is 0 Å². The van der Waals surface area contributed by atoms with Crippen LogP contribution in [0.15, 0.2) is 24.3 Å². The lowest BCUT2D eigenvalue weighted by Crippen LogP contribution is -2.24. The van der Waals surface area contributed by atoms with Gasteiger partial charge in [-0.15, -0.1) is 0 Å². The Morgan fingerprint density at radius 1 is 1.33 bits per heavy atom. The summed E-state index contributed by atoms with van der Waals surface area (Å²) >= 11 is 0. The topological polar surface area (TPSA) is 51.6 Å². The van der Waals surface area contributed by atoms with Crippen LogP contribution >= 0.6 is 0 Å². The van der Waals surface area contributed by atoms with Crippen molar-refractivity contribution < 1.29 is 5.11 Å². The second kappa shape index (κ2) is 5.99. The lowest BCUT2D eigenvalue weighted by atomic mass is 10.2. The van der Waals surface area contributed by atoms with Gasteiger partial charge in [0.1, 0.15) is 0 Å². The predicted molar refractivity (Wildman–Crippen MR) is 60.8 cm³/mol. The average Bonchev–Trinajstić information content (AvgIpc) is 2.31. The molecule has 0 unspecified atom stereocenters. The quantitative estimate of drug-likeness (QED) is 0.752. The summed E-state index contributed by atoms with van der Waals surface area (Å²) in [5, 5.41) is 17.3. The van der Waals surface area contributed by atoms with E-state index in [9.17, 15) is 0 Å². The molecule has 0 heterocycles. The Balaban J connectivity index is 2.70. The van der Waals surface area contributed by atoms with Crippen LogP contribution in [-0.4, -0.2) is 24.8 Å². The molecule has 0 atom stereocenters. The summed E-state index contributed by atoms with van der Waals surface area (Å²) in [6.07, 6.45) is 0.764. The Hall–Kier alpha value is -1.60. The Morgan fingerprint density at radius 2 is 2.00 bits per heavy atom. The molecule has 1 N–H and O–H groups in total. The molecule has 0 aliphatic heterocycles. The monoisotopic (exact) mass is 206 g/mol. The van der Waals surface area contributed by atoms with E-state index in [1.165, 1.54) is 0 Å². The van der Waals surface area contributed by atoms with Crippen LogP contribution in [0.25, 0.3) is 4.98 Å². The van der Waals surface area contributed by atoms with Crippen molar-refractivity contribution in [3.05, 3.63) is 29.2 Å². The highest BCUT2D eigenvalue weighted by Crippen LogP contribution is 2.19. The zero-order valence-electron chi connectivity index (χ0n) is 8.93. The third-order valence-electron chi connectivity index (χ3n) is 2.30. The summed E-state index contributed by atoms with van der Waals surface area (Å²) < 4.78 is 0. The molecule has 0 saturated carbocycles. The van der Waals surface area contributed by atoms with Crippen LogP contribution in [0.1, 0.15) is 13.3 Å². The summed E-state index contributed by atoms with van der Waals surface area (Å²) in [7, 11) is 0. The summed E-state index contributed by atoms with van der Waals surface area (Å²) in [6.45, 7) is 4.01. The van der Waals surface area contributed by atoms with Crippen molar-refractivity contribution in [2.45, 2.75) is 13.3 Å². The Kier molecular flexibility index (Phi) is 4.58. The van der Waals surface area contributed by atoms with Crippen LogP contribution < -0.4 is 4.90 Å². The zero-order valence-corrected chi connectivity index (χ0v) is 8.93. The molecular weight excluding hydrogens is 190 g/mol. The van der Waals surface area contributed by atoms with Gasteiger partial charge in [0, 0.05) is 37.5 Å². The zero-order chi connectivity index (χ0) is 11.1. The molecule has 0 bridgehead atoms. The van der Waals surface area contributed by atoms with E-state index >= 15 is 0 Å². The number of aliphatic hydroxyl groups excluding tert-OH is 1. The van der Waals surface area contributed by atoms with Crippen molar-refractivity contribution >= 4 is 11.4 Å². The van der Waals surface area contributed by atoms with E-state index in [1.807, 2.05) is 12.1 Å². The molecule has 0 aromatic heterocycles. The van der Waals surface area contributed by atoms with E-state index in [-0.39, 0.29) is 6.61 Å². The molecule has 15 heavy (non-hydrogen) atoms. The van der Waals surface area contributed by atoms with Gasteiger partial charge in [-0.05, 0) is 25.5 Å². The number of anilines is 1. The molecule has 4 nitrogen and oxygen atoms in total. The smallest absolute Gasteiger partial charge is 0.385 e. The van der Waals surface area contributed by atoms with Crippen LogP contribution in [0.3, 0.4) is 0 Å². The maximum atomic E-state index is 8.77. The van der Waals surface area contributed by atoms with E-state index in [4.69, 9.17) is 10.5 Å². The number of nitrogens with zero attached hydrogens (tertiary/aromatic N) is 3.